The lowest BCUT2D eigenvalue weighted by molar-refractivity contribution is -0.118. The highest BCUT2D eigenvalue weighted by Gasteiger charge is 2.26. The van der Waals surface area contributed by atoms with Crippen LogP contribution in [0, 0.1) is 3.57 Å². The van der Waals surface area contributed by atoms with Crippen LogP contribution in [0.15, 0.2) is 77.9 Å². The maximum Gasteiger partial charge on any atom is 0.276 e. The standard InChI is InChI=1S/C25H21IN4O3/c1-30(22(31)14-7-16-5-3-2-4-6-16)19-11-8-17(9-12-19)24(32)29-28-23-20-15-18(26)10-13-21(20)27-25(23)33/h2-6,8-13,15H,7,14H2,1H3,(H,29,32)(H,27,28,33). The Bertz CT molecular complexity index is 1240. The number of carbonyl (C=O) groups excluding carboxylic acids is 3. The Kier molecular flexibility index (Phi) is 6.83. The molecule has 1 aliphatic rings. The normalized spacial score (nSPS) is 13.4. The third-order valence-corrected chi connectivity index (χ3v) is 6.00. The van der Waals surface area contributed by atoms with Crippen molar-refractivity contribution >= 4 is 57.4 Å². The van der Waals surface area contributed by atoms with E-state index in [0.717, 1.165) is 9.13 Å². The van der Waals surface area contributed by atoms with Crippen molar-refractivity contribution in [2.75, 3.05) is 17.3 Å². The van der Waals surface area contributed by atoms with Crippen LogP contribution in [-0.2, 0) is 16.0 Å². The minimum absolute atomic E-state index is 0.0111. The molecule has 0 aliphatic carbocycles. The molecule has 0 aromatic heterocycles. The number of hydrogen-bond acceptors (Lipinski definition) is 4. The molecule has 1 heterocycles. The fourth-order valence-corrected chi connectivity index (χ4v) is 3.94. The van der Waals surface area contributed by atoms with E-state index in [9.17, 15) is 14.4 Å². The first-order valence-electron chi connectivity index (χ1n) is 10.3. The zero-order valence-electron chi connectivity index (χ0n) is 17.8. The van der Waals surface area contributed by atoms with Crippen LogP contribution in [-0.4, -0.2) is 30.5 Å². The predicted molar refractivity (Wildman–Crippen MR) is 136 cm³/mol. The SMILES string of the molecule is CN(C(=O)CCc1ccccc1)c1ccc(C(=O)N/N=C2\C(=O)Nc3ccc(I)cc32)cc1. The first-order valence-corrected chi connectivity index (χ1v) is 11.4. The molecule has 1 aliphatic heterocycles. The first kappa shape index (κ1) is 22.7. The van der Waals surface area contributed by atoms with E-state index in [4.69, 9.17) is 0 Å². The van der Waals surface area contributed by atoms with Gasteiger partial charge in [-0.25, -0.2) is 5.43 Å². The van der Waals surface area contributed by atoms with E-state index < -0.39 is 5.91 Å². The van der Waals surface area contributed by atoms with Gasteiger partial charge in [0.2, 0.25) is 5.91 Å². The number of fused-ring (bicyclic) bond motifs is 1. The Labute approximate surface area is 205 Å². The van der Waals surface area contributed by atoms with Crippen molar-refractivity contribution in [2.24, 2.45) is 5.10 Å². The second-order valence-electron chi connectivity index (χ2n) is 7.53. The second-order valence-corrected chi connectivity index (χ2v) is 8.78. The molecule has 33 heavy (non-hydrogen) atoms. The highest BCUT2D eigenvalue weighted by molar-refractivity contribution is 14.1. The van der Waals surface area contributed by atoms with Crippen LogP contribution >= 0.6 is 22.6 Å². The van der Waals surface area contributed by atoms with E-state index >= 15 is 0 Å². The summed E-state index contributed by atoms with van der Waals surface area (Å²) in [6.45, 7) is 0. The van der Waals surface area contributed by atoms with Gasteiger partial charge in [0.25, 0.3) is 11.8 Å². The first-order chi connectivity index (χ1) is 15.9. The van der Waals surface area contributed by atoms with Crippen molar-refractivity contribution in [1.29, 1.82) is 0 Å². The van der Waals surface area contributed by atoms with Gasteiger partial charge in [-0.3, -0.25) is 14.4 Å². The zero-order valence-corrected chi connectivity index (χ0v) is 20.0. The molecule has 0 fully saturated rings. The van der Waals surface area contributed by atoms with Crippen molar-refractivity contribution in [3.8, 4) is 0 Å². The van der Waals surface area contributed by atoms with Crippen LogP contribution in [0.1, 0.15) is 27.9 Å². The number of rotatable bonds is 6. The molecule has 3 aromatic rings. The molecular formula is C25H21IN4O3. The molecule has 0 saturated carbocycles. The molecule has 2 N–H and O–H groups in total. The van der Waals surface area contributed by atoms with E-state index in [1.807, 2.05) is 42.5 Å². The molecule has 4 rings (SSSR count). The highest BCUT2D eigenvalue weighted by atomic mass is 127. The Morgan fingerprint density at radius 2 is 1.76 bits per heavy atom. The number of nitrogens with one attached hydrogen (secondary N) is 2. The van der Waals surface area contributed by atoms with Crippen LogP contribution in [0.2, 0.25) is 0 Å². The molecule has 8 heteroatoms. The minimum atomic E-state index is -0.445. The number of carbonyl (C=O) groups is 3. The smallest absolute Gasteiger partial charge is 0.276 e. The monoisotopic (exact) mass is 552 g/mol. The number of hydrazone groups is 1. The molecule has 0 saturated heterocycles. The number of halogens is 1. The van der Waals surface area contributed by atoms with Gasteiger partial charge in [-0.15, -0.1) is 0 Å². The van der Waals surface area contributed by atoms with Gasteiger partial charge in [0, 0.05) is 33.9 Å². The van der Waals surface area contributed by atoms with E-state index in [0.29, 0.717) is 35.3 Å². The maximum atomic E-state index is 12.5. The van der Waals surface area contributed by atoms with Gasteiger partial charge in [0.05, 0.1) is 5.69 Å². The van der Waals surface area contributed by atoms with E-state index in [1.54, 1.807) is 42.3 Å². The Morgan fingerprint density at radius 1 is 1.03 bits per heavy atom. The van der Waals surface area contributed by atoms with Gasteiger partial charge in [-0.2, -0.15) is 5.10 Å². The molecule has 3 amide bonds. The lowest BCUT2D eigenvalue weighted by Gasteiger charge is -2.17. The second kappa shape index (κ2) is 9.95. The highest BCUT2D eigenvalue weighted by Crippen LogP contribution is 2.25. The average Bonchev–Trinajstić information content (AvgIpc) is 3.15. The summed E-state index contributed by atoms with van der Waals surface area (Å²) < 4.78 is 0.958. The number of benzene rings is 3. The van der Waals surface area contributed by atoms with Gasteiger partial charge >= 0.3 is 0 Å². The summed E-state index contributed by atoms with van der Waals surface area (Å²) in [5.41, 5.74) is 6.10. The molecular weight excluding hydrogens is 531 g/mol. The van der Waals surface area contributed by atoms with Crippen molar-refractivity contribution in [1.82, 2.24) is 5.43 Å². The van der Waals surface area contributed by atoms with Crippen LogP contribution in [0.5, 0.6) is 0 Å². The van der Waals surface area contributed by atoms with Gasteiger partial charge in [-0.05, 0) is 77.0 Å². The van der Waals surface area contributed by atoms with E-state index in [-0.39, 0.29) is 17.5 Å². The molecule has 166 valence electrons. The van der Waals surface area contributed by atoms with Crippen molar-refractivity contribution in [3.05, 3.63) is 93.1 Å². The predicted octanol–water partition coefficient (Wildman–Crippen LogP) is 3.97. The lowest BCUT2D eigenvalue weighted by atomic mass is 10.1. The molecule has 0 radical (unpaired) electrons. The van der Waals surface area contributed by atoms with Crippen molar-refractivity contribution in [3.63, 3.8) is 0 Å². The van der Waals surface area contributed by atoms with Gasteiger partial charge in [-0.1, -0.05) is 30.3 Å². The fourth-order valence-electron chi connectivity index (χ4n) is 3.45. The molecule has 7 nitrogen and oxygen atoms in total. The Morgan fingerprint density at radius 3 is 2.48 bits per heavy atom. The maximum absolute atomic E-state index is 12.5. The summed E-state index contributed by atoms with van der Waals surface area (Å²) in [6.07, 6.45) is 1.06. The largest absolute Gasteiger partial charge is 0.320 e. The molecule has 3 aromatic carbocycles. The van der Waals surface area contributed by atoms with Crippen molar-refractivity contribution in [2.45, 2.75) is 12.8 Å². The third-order valence-electron chi connectivity index (χ3n) is 5.33. The van der Waals surface area contributed by atoms with Crippen molar-refractivity contribution < 1.29 is 14.4 Å². The number of anilines is 2. The molecule has 0 unspecified atom stereocenters. The van der Waals surface area contributed by atoms with E-state index in [2.05, 4.69) is 38.4 Å². The third kappa shape index (κ3) is 5.28. The molecule has 0 atom stereocenters. The number of hydrogen-bond donors (Lipinski definition) is 2. The number of aryl methyl sites for hydroxylation is 1. The van der Waals surface area contributed by atoms with Crippen LogP contribution in [0.4, 0.5) is 11.4 Å². The number of nitrogens with zero attached hydrogens (tertiary/aromatic N) is 2. The summed E-state index contributed by atoms with van der Waals surface area (Å²) in [5, 5.41) is 6.77. The molecule has 0 spiro atoms. The lowest BCUT2D eigenvalue weighted by Crippen LogP contribution is -2.26. The van der Waals surface area contributed by atoms with Crippen LogP contribution in [0.25, 0.3) is 0 Å². The Hall–Kier alpha value is -3.53. The summed E-state index contributed by atoms with van der Waals surface area (Å²) in [6, 6.07) is 22.0. The van der Waals surface area contributed by atoms with Crippen LogP contribution in [0.3, 0.4) is 0 Å². The zero-order chi connectivity index (χ0) is 23.4. The van der Waals surface area contributed by atoms with E-state index in [1.165, 1.54) is 0 Å². The minimum Gasteiger partial charge on any atom is -0.320 e. The summed E-state index contributed by atoms with van der Waals surface area (Å²) >= 11 is 2.15. The van der Waals surface area contributed by atoms with Gasteiger partial charge in [0.1, 0.15) is 0 Å². The Balaban J connectivity index is 1.38. The van der Waals surface area contributed by atoms with Crippen LogP contribution < -0.4 is 15.6 Å². The summed E-state index contributed by atoms with van der Waals surface area (Å²) in [5.74, 6) is -0.819. The topological polar surface area (TPSA) is 90.9 Å². The summed E-state index contributed by atoms with van der Waals surface area (Å²) in [7, 11) is 1.71. The van der Waals surface area contributed by atoms with Gasteiger partial charge in [0.15, 0.2) is 5.71 Å². The molecule has 0 bridgehead atoms. The van der Waals surface area contributed by atoms with Gasteiger partial charge < -0.3 is 10.2 Å². The summed E-state index contributed by atoms with van der Waals surface area (Å²) in [4.78, 5) is 38.8. The fraction of sp³-hybridized carbons (Fsp3) is 0.120. The quantitative estimate of drug-likeness (QED) is 0.358. The average molecular weight is 552 g/mol. The number of amides is 3.